The molecule has 0 saturated carbocycles. The van der Waals surface area contributed by atoms with Gasteiger partial charge < -0.3 is 19.7 Å². The molecule has 3 rings (SSSR count). The number of likely N-dealkylation sites (tertiary alicyclic amines) is 2. The van der Waals surface area contributed by atoms with Crippen molar-refractivity contribution >= 4 is 5.91 Å². The molecule has 5 heteroatoms. The third-order valence-corrected chi connectivity index (χ3v) is 6.19. The Morgan fingerprint density at radius 2 is 1.88 bits per heavy atom. The van der Waals surface area contributed by atoms with Crippen LogP contribution in [0.4, 0.5) is 0 Å². The Labute approximate surface area is 152 Å². The Balaban J connectivity index is 1.49. The molecule has 1 aromatic heterocycles. The molecule has 1 amide bonds. The molecule has 1 aromatic rings. The van der Waals surface area contributed by atoms with Crippen molar-refractivity contribution in [1.82, 2.24) is 19.7 Å². The van der Waals surface area contributed by atoms with E-state index in [0.717, 1.165) is 30.4 Å². The van der Waals surface area contributed by atoms with Crippen molar-refractivity contribution in [3.05, 3.63) is 23.5 Å². The van der Waals surface area contributed by atoms with Gasteiger partial charge in [-0.3, -0.25) is 4.79 Å². The first kappa shape index (κ1) is 18.5. The average molecular weight is 347 g/mol. The Hall–Kier alpha value is -1.33. The number of piperidine rings is 2. The molecule has 0 atom stereocenters. The van der Waals surface area contributed by atoms with Crippen LogP contribution in [0.5, 0.6) is 0 Å². The van der Waals surface area contributed by atoms with Crippen LogP contribution >= 0.6 is 0 Å². The normalized spacial score (nSPS) is 21.6. The van der Waals surface area contributed by atoms with Gasteiger partial charge in [0.2, 0.25) is 0 Å². The van der Waals surface area contributed by atoms with E-state index in [1.54, 1.807) is 0 Å². The number of aromatic amines is 1. The van der Waals surface area contributed by atoms with Crippen molar-refractivity contribution in [2.24, 2.45) is 5.92 Å². The average Bonchev–Trinajstić information content (AvgIpc) is 3.06. The first-order valence-electron chi connectivity index (χ1n) is 9.94. The van der Waals surface area contributed by atoms with Crippen LogP contribution in [0.25, 0.3) is 0 Å². The topological polar surface area (TPSA) is 42.6 Å². The molecule has 5 nitrogen and oxygen atoms in total. The van der Waals surface area contributed by atoms with Crippen LogP contribution in [-0.4, -0.2) is 77.9 Å². The maximum absolute atomic E-state index is 12.8. The zero-order valence-electron chi connectivity index (χ0n) is 16.1. The molecule has 2 aliphatic heterocycles. The lowest BCUT2D eigenvalue weighted by molar-refractivity contribution is 0.0611. The van der Waals surface area contributed by atoms with Crippen LogP contribution in [0.3, 0.4) is 0 Å². The molecule has 3 heterocycles. The lowest BCUT2D eigenvalue weighted by Crippen LogP contribution is -2.48. The molecule has 1 N–H and O–H groups in total. The number of carbonyl (C=O) groups is 1. The van der Waals surface area contributed by atoms with Gasteiger partial charge in [-0.05, 0) is 84.7 Å². The molecule has 2 aliphatic rings. The number of hydrogen-bond donors (Lipinski definition) is 1. The minimum Gasteiger partial charge on any atom is -0.365 e. The smallest absolute Gasteiger partial charge is 0.255 e. The highest BCUT2D eigenvalue weighted by atomic mass is 16.2. The molecule has 2 saturated heterocycles. The van der Waals surface area contributed by atoms with Gasteiger partial charge in [0.15, 0.2) is 0 Å². The van der Waals surface area contributed by atoms with E-state index < -0.39 is 0 Å². The number of carbonyl (C=O) groups excluding carboxylic acids is 1. The summed E-state index contributed by atoms with van der Waals surface area (Å²) in [6, 6.07) is 2.69. The van der Waals surface area contributed by atoms with Crippen LogP contribution in [0, 0.1) is 12.8 Å². The minimum atomic E-state index is 0.180. The second-order valence-electron chi connectivity index (χ2n) is 7.87. The maximum atomic E-state index is 12.8. The Bertz CT molecular complexity index is 554. The lowest BCUT2D eigenvalue weighted by Gasteiger charge is -2.41. The number of aryl methyl sites for hydroxylation is 1. The molecule has 25 heavy (non-hydrogen) atoms. The predicted octanol–water partition coefficient (Wildman–Crippen LogP) is 2.59. The highest BCUT2D eigenvalue weighted by molar-refractivity contribution is 5.95. The van der Waals surface area contributed by atoms with Crippen LogP contribution in [0.1, 0.15) is 48.7 Å². The Kier molecular flexibility index (Phi) is 6.18. The third-order valence-electron chi connectivity index (χ3n) is 6.19. The van der Waals surface area contributed by atoms with Crippen LogP contribution < -0.4 is 0 Å². The van der Waals surface area contributed by atoms with Gasteiger partial charge in [-0.15, -0.1) is 0 Å². The van der Waals surface area contributed by atoms with Gasteiger partial charge in [-0.1, -0.05) is 0 Å². The van der Waals surface area contributed by atoms with Gasteiger partial charge in [-0.2, -0.15) is 0 Å². The summed E-state index contributed by atoms with van der Waals surface area (Å²) in [5.74, 6) is 0.824. The summed E-state index contributed by atoms with van der Waals surface area (Å²) in [6.45, 7) is 10.6. The molecule has 0 unspecified atom stereocenters. The van der Waals surface area contributed by atoms with E-state index in [1.807, 2.05) is 24.1 Å². The maximum Gasteiger partial charge on any atom is 0.255 e. The fourth-order valence-electron chi connectivity index (χ4n) is 4.38. The summed E-state index contributed by atoms with van der Waals surface area (Å²) < 4.78 is 0. The van der Waals surface area contributed by atoms with Gasteiger partial charge in [0, 0.05) is 31.0 Å². The number of amides is 1. The molecule has 0 aliphatic carbocycles. The molecule has 2 fully saturated rings. The van der Waals surface area contributed by atoms with Gasteiger partial charge >= 0.3 is 0 Å². The highest BCUT2D eigenvalue weighted by Gasteiger charge is 2.29. The largest absolute Gasteiger partial charge is 0.365 e. The summed E-state index contributed by atoms with van der Waals surface area (Å²) >= 11 is 0. The molecule has 0 radical (unpaired) electrons. The SMILES string of the molecule is CCN(CC1CCN(C2CCN(C)CC2)CC1)C(=O)c1cc[nH]c1C. The number of rotatable bonds is 5. The van der Waals surface area contributed by atoms with Gasteiger partial charge in [0.05, 0.1) is 5.56 Å². The van der Waals surface area contributed by atoms with E-state index in [1.165, 1.54) is 51.9 Å². The number of H-pyrrole nitrogens is 1. The monoisotopic (exact) mass is 346 g/mol. The zero-order chi connectivity index (χ0) is 17.8. The van der Waals surface area contributed by atoms with Crippen molar-refractivity contribution in [3.8, 4) is 0 Å². The molecule has 0 bridgehead atoms. The quantitative estimate of drug-likeness (QED) is 0.891. The Morgan fingerprint density at radius 3 is 2.44 bits per heavy atom. The number of hydrogen-bond acceptors (Lipinski definition) is 3. The van der Waals surface area contributed by atoms with E-state index in [4.69, 9.17) is 0 Å². The lowest BCUT2D eigenvalue weighted by atomic mass is 9.93. The van der Waals surface area contributed by atoms with Crippen LogP contribution in [-0.2, 0) is 0 Å². The first-order chi connectivity index (χ1) is 12.1. The molecular formula is C20H34N4O. The molecule has 140 valence electrons. The van der Waals surface area contributed by atoms with Crippen molar-refractivity contribution in [2.45, 2.75) is 45.6 Å². The summed E-state index contributed by atoms with van der Waals surface area (Å²) in [4.78, 5) is 23.1. The number of nitrogens with one attached hydrogen (secondary N) is 1. The second-order valence-corrected chi connectivity index (χ2v) is 7.87. The summed E-state index contributed by atoms with van der Waals surface area (Å²) in [6.07, 6.45) is 6.93. The fourth-order valence-corrected chi connectivity index (χ4v) is 4.38. The van der Waals surface area contributed by atoms with Crippen molar-refractivity contribution in [1.29, 1.82) is 0 Å². The molecule has 0 spiro atoms. The van der Waals surface area contributed by atoms with Gasteiger partial charge in [0.25, 0.3) is 5.91 Å². The van der Waals surface area contributed by atoms with Crippen LogP contribution in [0.2, 0.25) is 0 Å². The van der Waals surface area contributed by atoms with Crippen molar-refractivity contribution < 1.29 is 4.79 Å². The summed E-state index contributed by atoms with van der Waals surface area (Å²) in [5.41, 5.74) is 1.80. The minimum absolute atomic E-state index is 0.180. The van der Waals surface area contributed by atoms with E-state index >= 15 is 0 Å². The third kappa shape index (κ3) is 4.45. The van der Waals surface area contributed by atoms with Gasteiger partial charge in [0.1, 0.15) is 0 Å². The molecule has 0 aromatic carbocycles. The predicted molar refractivity (Wildman–Crippen MR) is 102 cm³/mol. The molecular weight excluding hydrogens is 312 g/mol. The first-order valence-corrected chi connectivity index (χ1v) is 9.94. The van der Waals surface area contributed by atoms with E-state index in [0.29, 0.717) is 5.92 Å². The summed E-state index contributed by atoms with van der Waals surface area (Å²) in [7, 11) is 2.23. The number of nitrogens with zero attached hydrogens (tertiary/aromatic N) is 3. The van der Waals surface area contributed by atoms with Crippen LogP contribution in [0.15, 0.2) is 12.3 Å². The second kappa shape index (κ2) is 8.37. The standard InChI is InChI=1S/C20H34N4O/c1-4-23(20(25)19-5-10-21-16(19)2)15-17-6-13-24(14-7-17)18-8-11-22(3)12-9-18/h5,10,17-18,21H,4,6-9,11-15H2,1-3H3. The van der Waals surface area contributed by atoms with Crippen molar-refractivity contribution in [3.63, 3.8) is 0 Å². The van der Waals surface area contributed by atoms with E-state index in [9.17, 15) is 4.79 Å². The number of aromatic nitrogens is 1. The highest BCUT2D eigenvalue weighted by Crippen LogP contribution is 2.24. The zero-order valence-corrected chi connectivity index (χ0v) is 16.1. The van der Waals surface area contributed by atoms with E-state index in [-0.39, 0.29) is 5.91 Å². The van der Waals surface area contributed by atoms with Gasteiger partial charge in [-0.25, -0.2) is 0 Å². The summed E-state index contributed by atoms with van der Waals surface area (Å²) in [5, 5.41) is 0. The van der Waals surface area contributed by atoms with E-state index in [2.05, 4.69) is 28.8 Å². The Morgan fingerprint density at radius 1 is 1.20 bits per heavy atom. The fraction of sp³-hybridized carbons (Fsp3) is 0.750. The van der Waals surface area contributed by atoms with Crippen molar-refractivity contribution in [2.75, 3.05) is 46.3 Å².